The van der Waals surface area contributed by atoms with Crippen molar-refractivity contribution in [3.05, 3.63) is 53.3 Å². The summed E-state index contributed by atoms with van der Waals surface area (Å²) in [5.74, 6) is 0.365. The number of thiazole rings is 1. The van der Waals surface area contributed by atoms with Gasteiger partial charge >= 0.3 is 0 Å². The fourth-order valence-corrected chi connectivity index (χ4v) is 6.00. The molecule has 2 unspecified atom stereocenters. The lowest BCUT2D eigenvalue weighted by molar-refractivity contribution is -0.119. The lowest BCUT2D eigenvalue weighted by Crippen LogP contribution is -2.59. The van der Waals surface area contributed by atoms with Gasteiger partial charge in [0.25, 0.3) is 0 Å². The number of carbonyl (C=O) groups excluding carboxylic acids is 1. The Balaban J connectivity index is 1.22. The molecule has 2 atom stereocenters. The van der Waals surface area contributed by atoms with E-state index in [4.69, 9.17) is 4.74 Å². The summed E-state index contributed by atoms with van der Waals surface area (Å²) in [6.07, 6.45) is 2.11. The number of aromatic nitrogens is 1. The number of anilines is 1. The molecule has 0 bridgehead atoms. The number of halogens is 1. The molecule has 9 heteroatoms. The van der Waals surface area contributed by atoms with Gasteiger partial charge in [0.1, 0.15) is 18.2 Å². The first-order valence-electron chi connectivity index (χ1n) is 12.1. The number of fused-ring (bicyclic) bond motifs is 1. The number of benzene rings is 2. The van der Waals surface area contributed by atoms with E-state index in [0.717, 1.165) is 41.2 Å². The van der Waals surface area contributed by atoms with Gasteiger partial charge in [0.05, 0.1) is 27.4 Å². The molecule has 3 aromatic rings. The zero-order valence-electron chi connectivity index (χ0n) is 19.8. The number of rotatable bonds is 8. The predicted molar refractivity (Wildman–Crippen MR) is 136 cm³/mol. The molecule has 0 aliphatic carbocycles. The molecule has 2 aliphatic rings. The second-order valence-electron chi connectivity index (χ2n) is 9.51. The molecule has 2 aliphatic heterocycles. The number of hydrogen-bond acceptors (Lipinski definition) is 7. The third-order valence-corrected chi connectivity index (χ3v) is 7.87. The van der Waals surface area contributed by atoms with Gasteiger partial charge in [-0.2, -0.15) is 0 Å². The molecule has 7 nitrogen and oxygen atoms in total. The van der Waals surface area contributed by atoms with Crippen LogP contribution in [-0.2, 0) is 4.79 Å². The molecule has 3 N–H and O–H groups in total. The molecular formula is C26H31FN4O3S. The van der Waals surface area contributed by atoms with Gasteiger partial charge < -0.3 is 25.4 Å². The SMILES string of the molecule is Cc1nc2cc(OCC(O)CC3(NC4CCN(c5ccc(F)cc5)C4=O)CCNCC3)ccc2s1. The lowest BCUT2D eigenvalue weighted by Gasteiger charge is -2.41. The fourth-order valence-electron chi connectivity index (χ4n) is 5.19. The van der Waals surface area contributed by atoms with Crippen LogP contribution in [0.15, 0.2) is 42.5 Å². The minimum Gasteiger partial charge on any atom is -0.491 e. The summed E-state index contributed by atoms with van der Waals surface area (Å²) in [6, 6.07) is 11.5. The van der Waals surface area contributed by atoms with Crippen LogP contribution in [0.3, 0.4) is 0 Å². The molecule has 2 saturated heterocycles. The molecule has 0 radical (unpaired) electrons. The highest BCUT2D eigenvalue weighted by atomic mass is 32.1. The highest BCUT2D eigenvalue weighted by Gasteiger charge is 2.41. The number of nitrogens with zero attached hydrogens (tertiary/aromatic N) is 2. The van der Waals surface area contributed by atoms with Crippen molar-refractivity contribution in [3.8, 4) is 5.75 Å². The van der Waals surface area contributed by atoms with Crippen molar-refractivity contribution in [3.63, 3.8) is 0 Å². The number of aryl methyl sites for hydroxylation is 1. The van der Waals surface area contributed by atoms with Gasteiger partial charge in [-0.05, 0) is 82.1 Å². The smallest absolute Gasteiger partial charge is 0.244 e. The van der Waals surface area contributed by atoms with Crippen molar-refractivity contribution in [2.75, 3.05) is 31.1 Å². The predicted octanol–water partition coefficient (Wildman–Crippen LogP) is 3.39. The number of aliphatic hydroxyl groups is 1. The Morgan fingerprint density at radius 3 is 2.83 bits per heavy atom. The van der Waals surface area contributed by atoms with E-state index in [2.05, 4.69) is 15.6 Å². The molecular weight excluding hydrogens is 467 g/mol. The second-order valence-corrected chi connectivity index (χ2v) is 10.7. The molecule has 2 aromatic carbocycles. The van der Waals surface area contributed by atoms with Crippen molar-refractivity contribution in [1.82, 2.24) is 15.6 Å². The number of ether oxygens (including phenoxy) is 1. The largest absolute Gasteiger partial charge is 0.491 e. The van der Waals surface area contributed by atoms with Gasteiger partial charge in [0.2, 0.25) is 5.91 Å². The highest BCUT2D eigenvalue weighted by Crippen LogP contribution is 2.30. The average Bonchev–Trinajstić information content (AvgIpc) is 3.39. The van der Waals surface area contributed by atoms with Gasteiger partial charge in [-0.15, -0.1) is 11.3 Å². The number of aliphatic hydroxyl groups excluding tert-OH is 1. The van der Waals surface area contributed by atoms with Crippen LogP contribution in [0.4, 0.5) is 10.1 Å². The van der Waals surface area contributed by atoms with E-state index in [0.29, 0.717) is 30.8 Å². The molecule has 186 valence electrons. The summed E-state index contributed by atoms with van der Waals surface area (Å²) in [7, 11) is 0. The quantitative estimate of drug-likeness (QED) is 0.442. The van der Waals surface area contributed by atoms with E-state index in [-0.39, 0.29) is 29.9 Å². The van der Waals surface area contributed by atoms with Crippen molar-refractivity contribution in [1.29, 1.82) is 0 Å². The first-order chi connectivity index (χ1) is 16.9. The van der Waals surface area contributed by atoms with Gasteiger partial charge in [0.15, 0.2) is 0 Å². The topological polar surface area (TPSA) is 86.7 Å². The van der Waals surface area contributed by atoms with Gasteiger partial charge in [0, 0.05) is 23.8 Å². The van der Waals surface area contributed by atoms with E-state index in [1.54, 1.807) is 28.4 Å². The number of amides is 1. The molecule has 0 saturated carbocycles. The summed E-state index contributed by atoms with van der Waals surface area (Å²) in [5.41, 5.74) is 1.26. The van der Waals surface area contributed by atoms with Crippen LogP contribution in [-0.4, -0.2) is 59.9 Å². The Bertz CT molecular complexity index is 1180. The first kappa shape index (κ1) is 24.1. The summed E-state index contributed by atoms with van der Waals surface area (Å²) >= 11 is 1.64. The standard InChI is InChI=1S/C26H31FN4O3S/c1-17-29-23-14-21(6-7-24(23)35-17)34-16-20(32)15-26(9-11-28-12-10-26)30-22-8-13-31(25(22)33)19-4-2-18(27)3-5-19/h2-7,14,20,22,28,30,32H,8-13,15-16H2,1H3. The summed E-state index contributed by atoms with van der Waals surface area (Å²) < 4.78 is 20.3. The molecule has 5 rings (SSSR count). The van der Waals surface area contributed by atoms with E-state index in [9.17, 15) is 14.3 Å². The Morgan fingerprint density at radius 2 is 2.06 bits per heavy atom. The number of carbonyl (C=O) groups is 1. The van der Waals surface area contributed by atoms with Gasteiger partial charge in [-0.3, -0.25) is 4.79 Å². The maximum atomic E-state index is 13.3. The Morgan fingerprint density at radius 1 is 1.29 bits per heavy atom. The normalized spacial score (nSPS) is 20.9. The van der Waals surface area contributed by atoms with Crippen molar-refractivity contribution in [2.24, 2.45) is 0 Å². The Labute approximate surface area is 208 Å². The molecule has 0 spiro atoms. The van der Waals surface area contributed by atoms with E-state index in [1.165, 1.54) is 12.1 Å². The summed E-state index contributed by atoms with van der Waals surface area (Å²) in [6.45, 7) is 4.38. The zero-order chi connectivity index (χ0) is 24.4. The maximum Gasteiger partial charge on any atom is 0.244 e. The van der Waals surface area contributed by atoms with Crippen LogP contribution in [0, 0.1) is 12.7 Å². The minimum absolute atomic E-state index is 0.00730. The van der Waals surface area contributed by atoms with E-state index >= 15 is 0 Å². The van der Waals surface area contributed by atoms with Crippen LogP contribution in [0.25, 0.3) is 10.2 Å². The third-order valence-electron chi connectivity index (χ3n) is 6.92. The molecule has 1 aromatic heterocycles. The van der Waals surface area contributed by atoms with E-state index < -0.39 is 6.10 Å². The van der Waals surface area contributed by atoms with Crippen molar-refractivity contribution < 1.29 is 19.0 Å². The number of hydrogen-bond donors (Lipinski definition) is 3. The highest BCUT2D eigenvalue weighted by molar-refractivity contribution is 7.18. The third kappa shape index (κ3) is 5.48. The second kappa shape index (κ2) is 10.2. The Hall–Kier alpha value is -2.59. The van der Waals surface area contributed by atoms with Crippen LogP contribution in [0.2, 0.25) is 0 Å². The average molecular weight is 499 g/mol. The molecule has 3 heterocycles. The molecule has 2 fully saturated rings. The molecule has 35 heavy (non-hydrogen) atoms. The minimum atomic E-state index is -0.682. The van der Waals surface area contributed by atoms with Crippen LogP contribution >= 0.6 is 11.3 Å². The van der Waals surface area contributed by atoms with Gasteiger partial charge in [-0.25, -0.2) is 9.37 Å². The van der Waals surface area contributed by atoms with E-state index in [1.807, 2.05) is 25.1 Å². The summed E-state index contributed by atoms with van der Waals surface area (Å²) in [4.78, 5) is 19.4. The molecule has 1 amide bonds. The van der Waals surface area contributed by atoms with Crippen LogP contribution in [0.5, 0.6) is 5.75 Å². The fraction of sp³-hybridized carbons (Fsp3) is 0.462. The summed E-state index contributed by atoms with van der Waals surface area (Å²) in [5, 5.41) is 18.9. The monoisotopic (exact) mass is 498 g/mol. The van der Waals surface area contributed by atoms with Crippen LogP contribution < -0.4 is 20.3 Å². The number of piperidine rings is 1. The number of nitrogens with one attached hydrogen (secondary N) is 2. The Kier molecular flexibility index (Phi) is 7.02. The van der Waals surface area contributed by atoms with Crippen molar-refractivity contribution >= 4 is 33.1 Å². The van der Waals surface area contributed by atoms with Crippen LogP contribution in [0.1, 0.15) is 30.7 Å². The zero-order valence-corrected chi connectivity index (χ0v) is 20.6. The maximum absolute atomic E-state index is 13.3. The lowest BCUT2D eigenvalue weighted by atomic mass is 9.82. The first-order valence-corrected chi connectivity index (χ1v) is 13.0. The van der Waals surface area contributed by atoms with Gasteiger partial charge in [-0.1, -0.05) is 0 Å². The van der Waals surface area contributed by atoms with Crippen molar-refractivity contribution in [2.45, 2.75) is 50.3 Å².